The summed E-state index contributed by atoms with van der Waals surface area (Å²) < 4.78 is 7.49. The van der Waals surface area contributed by atoms with Crippen LogP contribution in [0.3, 0.4) is 0 Å². The molecule has 0 radical (unpaired) electrons. The van der Waals surface area contributed by atoms with Crippen molar-refractivity contribution in [3.05, 3.63) is 36.2 Å². The first-order valence-corrected chi connectivity index (χ1v) is 7.39. The number of rotatable bonds is 9. The number of benzene rings is 1. The first-order chi connectivity index (χ1) is 10.3. The molecule has 1 aromatic heterocycles. The fourth-order valence-corrected chi connectivity index (χ4v) is 1.92. The zero-order valence-corrected chi connectivity index (χ0v) is 12.7. The molecule has 0 fully saturated rings. The van der Waals surface area contributed by atoms with Gasteiger partial charge in [-0.2, -0.15) is 0 Å². The van der Waals surface area contributed by atoms with Gasteiger partial charge in [0.25, 0.3) is 0 Å². The topological polar surface area (TPSA) is 64.9 Å². The summed E-state index contributed by atoms with van der Waals surface area (Å²) in [4.78, 5) is 0. The molecule has 1 N–H and O–H groups in total. The second kappa shape index (κ2) is 8.36. The smallest absolute Gasteiger partial charge is 0.165 e. The monoisotopic (exact) mass is 289 g/mol. The third-order valence-electron chi connectivity index (χ3n) is 2.97. The number of aryl methyl sites for hydroxylation is 1. The van der Waals surface area contributed by atoms with Crippen LogP contribution in [0.1, 0.15) is 26.1 Å². The molecule has 6 heteroatoms. The minimum atomic E-state index is 0.619. The molecule has 0 saturated carbocycles. The maximum atomic E-state index is 5.66. The lowest BCUT2D eigenvalue weighted by Gasteiger charge is -2.08. The predicted molar refractivity (Wildman–Crippen MR) is 80.9 cm³/mol. The molecule has 0 bridgehead atoms. The summed E-state index contributed by atoms with van der Waals surface area (Å²) in [6, 6.07) is 9.82. The van der Waals surface area contributed by atoms with Gasteiger partial charge in [-0.15, -0.1) is 5.10 Å². The zero-order chi connectivity index (χ0) is 14.9. The first kappa shape index (κ1) is 15.4. The molecule has 0 unspecified atom stereocenters. The molecule has 6 nitrogen and oxygen atoms in total. The zero-order valence-electron chi connectivity index (χ0n) is 12.7. The maximum absolute atomic E-state index is 5.66. The Balaban J connectivity index is 1.70. The molecule has 2 rings (SSSR count). The van der Waals surface area contributed by atoms with Crippen LogP contribution in [0.2, 0.25) is 0 Å². The van der Waals surface area contributed by atoms with Gasteiger partial charge in [0.2, 0.25) is 0 Å². The van der Waals surface area contributed by atoms with E-state index in [9.17, 15) is 0 Å². The standard InChI is InChI=1S/C15H23N5O/c1-13(2)11-16-12-15-17-18-19-20(15)9-6-10-21-14-7-4-3-5-8-14/h3-5,7-8,13,16H,6,9-12H2,1-2H3. The Morgan fingerprint density at radius 1 is 1.24 bits per heavy atom. The summed E-state index contributed by atoms with van der Waals surface area (Å²) >= 11 is 0. The van der Waals surface area contributed by atoms with Crippen LogP contribution in [0, 0.1) is 5.92 Å². The van der Waals surface area contributed by atoms with Gasteiger partial charge >= 0.3 is 0 Å². The van der Waals surface area contributed by atoms with Crippen molar-refractivity contribution in [2.75, 3.05) is 13.2 Å². The average molecular weight is 289 g/mol. The molecule has 1 heterocycles. The number of nitrogens with one attached hydrogen (secondary N) is 1. The van der Waals surface area contributed by atoms with E-state index in [1.54, 1.807) is 0 Å². The number of nitrogens with zero attached hydrogens (tertiary/aromatic N) is 4. The summed E-state index contributed by atoms with van der Waals surface area (Å²) in [5.41, 5.74) is 0. The summed E-state index contributed by atoms with van der Waals surface area (Å²) in [5, 5.41) is 15.2. The van der Waals surface area contributed by atoms with Crippen molar-refractivity contribution < 1.29 is 4.74 Å². The largest absolute Gasteiger partial charge is 0.494 e. The molecule has 0 spiro atoms. The van der Waals surface area contributed by atoms with Crippen molar-refractivity contribution in [3.63, 3.8) is 0 Å². The Bertz CT molecular complexity index is 512. The molecule has 114 valence electrons. The second-order valence-corrected chi connectivity index (χ2v) is 5.36. The molecule has 2 aromatic rings. The Hall–Kier alpha value is -1.95. The summed E-state index contributed by atoms with van der Waals surface area (Å²) in [6.07, 6.45) is 0.872. The van der Waals surface area contributed by atoms with E-state index < -0.39 is 0 Å². The Morgan fingerprint density at radius 3 is 2.81 bits per heavy atom. The van der Waals surface area contributed by atoms with Gasteiger partial charge in [0.15, 0.2) is 5.82 Å². The van der Waals surface area contributed by atoms with E-state index in [1.165, 1.54) is 0 Å². The number of aromatic nitrogens is 4. The fraction of sp³-hybridized carbons (Fsp3) is 0.533. The lowest BCUT2D eigenvalue weighted by Crippen LogP contribution is -2.22. The van der Waals surface area contributed by atoms with Gasteiger partial charge < -0.3 is 10.1 Å². The van der Waals surface area contributed by atoms with Gasteiger partial charge in [0, 0.05) is 13.0 Å². The lowest BCUT2D eigenvalue weighted by molar-refractivity contribution is 0.296. The molecular weight excluding hydrogens is 266 g/mol. The minimum Gasteiger partial charge on any atom is -0.494 e. The molecule has 0 aliphatic rings. The number of hydrogen-bond acceptors (Lipinski definition) is 5. The highest BCUT2D eigenvalue weighted by atomic mass is 16.5. The third kappa shape index (κ3) is 5.51. The normalized spacial score (nSPS) is 11.0. The van der Waals surface area contributed by atoms with Gasteiger partial charge in [0.05, 0.1) is 13.2 Å². The highest BCUT2D eigenvalue weighted by Crippen LogP contribution is 2.08. The molecule has 1 aromatic carbocycles. The average Bonchev–Trinajstić information content (AvgIpc) is 2.92. The van der Waals surface area contributed by atoms with E-state index >= 15 is 0 Å². The third-order valence-corrected chi connectivity index (χ3v) is 2.97. The van der Waals surface area contributed by atoms with Gasteiger partial charge in [-0.1, -0.05) is 32.0 Å². The van der Waals surface area contributed by atoms with Gasteiger partial charge in [-0.3, -0.25) is 0 Å². The van der Waals surface area contributed by atoms with Crippen molar-refractivity contribution in [1.29, 1.82) is 0 Å². The maximum Gasteiger partial charge on any atom is 0.165 e. The number of tetrazole rings is 1. The summed E-state index contributed by atoms with van der Waals surface area (Å²) in [6.45, 7) is 7.43. The molecule has 0 aliphatic heterocycles. The van der Waals surface area contributed by atoms with Gasteiger partial charge in [-0.05, 0) is 35.0 Å². The van der Waals surface area contributed by atoms with Crippen LogP contribution in [0.5, 0.6) is 5.75 Å². The van der Waals surface area contributed by atoms with Crippen LogP contribution < -0.4 is 10.1 Å². The minimum absolute atomic E-state index is 0.619. The van der Waals surface area contributed by atoms with E-state index in [4.69, 9.17) is 4.74 Å². The summed E-state index contributed by atoms with van der Waals surface area (Å²) in [5.74, 6) is 2.39. The van der Waals surface area contributed by atoms with Crippen molar-refractivity contribution in [2.24, 2.45) is 5.92 Å². The van der Waals surface area contributed by atoms with Crippen LogP contribution in [-0.2, 0) is 13.1 Å². The molecule has 0 amide bonds. The SMILES string of the molecule is CC(C)CNCc1nnnn1CCCOc1ccccc1. The number of hydrogen-bond donors (Lipinski definition) is 1. The van der Waals surface area contributed by atoms with E-state index in [0.29, 0.717) is 19.1 Å². The van der Waals surface area contributed by atoms with Crippen molar-refractivity contribution in [3.8, 4) is 5.75 Å². The predicted octanol–water partition coefficient (Wildman–Crippen LogP) is 1.89. The lowest BCUT2D eigenvalue weighted by atomic mass is 10.2. The van der Waals surface area contributed by atoms with Crippen LogP contribution in [0.15, 0.2) is 30.3 Å². The van der Waals surface area contributed by atoms with Crippen molar-refractivity contribution in [1.82, 2.24) is 25.5 Å². The van der Waals surface area contributed by atoms with E-state index in [1.807, 2.05) is 35.0 Å². The Kier molecular flexibility index (Phi) is 6.15. The van der Waals surface area contributed by atoms with E-state index in [-0.39, 0.29) is 0 Å². The molecule has 0 atom stereocenters. The quantitative estimate of drug-likeness (QED) is 0.714. The number of para-hydroxylation sites is 1. The van der Waals surface area contributed by atoms with Crippen LogP contribution in [0.4, 0.5) is 0 Å². The molecule has 21 heavy (non-hydrogen) atoms. The van der Waals surface area contributed by atoms with Crippen LogP contribution in [-0.4, -0.2) is 33.4 Å². The Morgan fingerprint density at radius 2 is 2.05 bits per heavy atom. The molecular formula is C15H23N5O. The van der Waals surface area contributed by atoms with E-state index in [2.05, 4.69) is 34.7 Å². The highest BCUT2D eigenvalue weighted by Gasteiger charge is 2.05. The molecule has 0 saturated heterocycles. The number of ether oxygens (including phenoxy) is 1. The van der Waals surface area contributed by atoms with Crippen LogP contribution in [0.25, 0.3) is 0 Å². The Labute approximate surface area is 125 Å². The second-order valence-electron chi connectivity index (χ2n) is 5.36. The summed E-state index contributed by atoms with van der Waals surface area (Å²) in [7, 11) is 0. The van der Waals surface area contributed by atoms with Gasteiger partial charge in [0.1, 0.15) is 5.75 Å². The highest BCUT2D eigenvalue weighted by molar-refractivity contribution is 5.20. The van der Waals surface area contributed by atoms with Crippen LogP contribution >= 0.6 is 0 Å². The van der Waals surface area contributed by atoms with E-state index in [0.717, 1.165) is 31.1 Å². The first-order valence-electron chi connectivity index (χ1n) is 7.39. The fourth-order valence-electron chi connectivity index (χ4n) is 1.92. The van der Waals surface area contributed by atoms with Crippen molar-refractivity contribution in [2.45, 2.75) is 33.4 Å². The molecule has 0 aliphatic carbocycles. The van der Waals surface area contributed by atoms with Gasteiger partial charge in [-0.25, -0.2) is 4.68 Å². The van der Waals surface area contributed by atoms with Crippen molar-refractivity contribution >= 4 is 0 Å².